The minimum Gasteiger partial charge on any atom is -0.497 e. The van der Waals surface area contributed by atoms with Crippen molar-refractivity contribution in [1.82, 2.24) is 0 Å². The highest BCUT2D eigenvalue weighted by molar-refractivity contribution is 5.98. The third-order valence-corrected chi connectivity index (χ3v) is 1.74. The van der Waals surface area contributed by atoms with Crippen molar-refractivity contribution < 1.29 is 9.57 Å². The molecule has 1 rings (SSSR count). The summed E-state index contributed by atoms with van der Waals surface area (Å²) in [7, 11) is 3.18. The number of hydrogen-bond acceptors (Lipinski definition) is 3. The number of oxime groups is 1. The van der Waals surface area contributed by atoms with E-state index in [4.69, 9.17) is 4.74 Å². The van der Waals surface area contributed by atoms with E-state index in [-0.39, 0.29) is 0 Å². The Balaban J connectivity index is 2.85. The Bertz CT molecular complexity index is 290. The van der Waals surface area contributed by atoms with Crippen LogP contribution in [0, 0.1) is 0 Å². The van der Waals surface area contributed by atoms with Gasteiger partial charge in [0.1, 0.15) is 12.9 Å². The highest BCUT2D eigenvalue weighted by Crippen LogP contribution is 2.11. The second-order valence-corrected chi connectivity index (χ2v) is 2.59. The molecule has 0 saturated heterocycles. The summed E-state index contributed by atoms with van der Waals surface area (Å²) in [6.45, 7) is 1.89. The minimum absolute atomic E-state index is 0.842. The molecular formula is C10H13NO2. The Morgan fingerprint density at radius 3 is 2.23 bits per heavy atom. The van der Waals surface area contributed by atoms with Crippen molar-refractivity contribution in [2.24, 2.45) is 5.16 Å². The summed E-state index contributed by atoms with van der Waals surface area (Å²) in [5.74, 6) is 0.842. The standard InChI is InChI=1S/C10H13NO2/c1-8(11-13-3)9-4-6-10(12-2)7-5-9/h4-7H,1-3H3. The van der Waals surface area contributed by atoms with Crippen LogP contribution < -0.4 is 4.74 Å². The maximum atomic E-state index is 5.04. The lowest BCUT2D eigenvalue weighted by Gasteiger charge is -2.01. The molecule has 0 aliphatic heterocycles. The molecule has 0 N–H and O–H groups in total. The van der Waals surface area contributed by atoms with Crippen LogP contribution in [0.1, 0.15) is 12.5 Å². The average Bonchev–Trinajstić information content (AvgIpc) is 2.18. The van der Waals surface area contributed by atoms with Gasteiger partial charge in [-0.3, -0.25) is 0 Å². The Morgan fingerprint density at radius 2 is 1.77 bits per heavy atom. The summed E-state index contributed by atoms with van der Waals surface area (Å²) in [5, 5.41) is 3.83. The van der Waals surface area contributed by atoms with Gasteiger partial charge in [-0.15, -0.1) is 0 Å². The van der Waals surface area contributed by atoms with E-state index in [2.05, 4.69) is 9.99 Å². The Kier molecular flexibility index (Phi) is 3.31. The van der Waals surface area contributed by atoms with E-state index in [1.165, 1.54) is 7.11 Å². The highest BCUT2D eigenvalue weighted by atomic mass is 16.6. The molecule has 0 unspecified atom stereocenters. The highest BCUT2D eigenvalue weighted by Gasteiger charge is 1.97. The summed E-state index contributed by atoms with van der Waals surface area (Å²) in [6, 6.07) is 7.67. The summed E-state index contributed by atoms with van der Waals surface area (Å²) in [6.07, 6.45) is 0. The van der Waals surface area contributed by atoms with E-state index in [0.29, 0.717) is 0 Å². The van der Waals surface area contributed by atoms with Crippen LogP contribution in [-0.4, -0.2) is 19.9 Å². The Morgan fingerprint density at radius 1 is 1.15 bits per heavy atom. The molecule has 0 amide bonds. The Labute approximate surface area is 78.0 Å². The lowest BCUT2D eigenvalue weighted by Crippen LogP contribution is -1.95. The van der Waals surface area contributed by atoms with E-state index >= 15 is 0 Å². The first kappa shape index (κ1) is 9.58. The van der Waals surface area contributed by atoms with Crippen LogP contribution in [0.5, 0.6) is 5.75 Å². The van der Waals surface area contributed by atoms with E-state index < -0.39 is 0 Å². The fourth-order valence-electron chi connectivity index (χ4n) is 1.02. The van der Waals surface area contributed by atoms with Gasteiger partial charge in [-0.05, 0) is 36.8 Å². The van der Waals surface area contributed by atoms with Crippen LogP contribution in [0.2, 0.25) is 0 Å². The lowest BCUT2D eigenvalue weighted by molar-refractivity contribution is 0.213. The molecule has 0 heterocycles. The first-order valence-electron chi connectivity index (χ1n) is 4.00. The molecule has 13 heavy (non-hydrogen) atoms. The van der Waals surface area contributed by atoms with Gasteiger partial charge in [-0.1, -0.05) is 5.16 Å². The van der Waals surface area contributed by atoms with Gasteiger partial charge in [0.15, 0.2) is 0 Å². The van der Waals surface area contributed by atoms with Crippen LogP contribution in [0.25, 0.3) is 0 Å². The molecule has 0 radical (unpaired) electrons. The molecule has 1 aromatic carbocycles. The van der Waals surface area contributed by atoms with Crippen molar-refractivity contribution >= 4 is 5.71 Å². The van der Waals surface area contributed by atoms with Crippen LogP contribution in [0.4, 0.5) is 0 Å². The summed E-state index contributed by atoms with van der Waals surface area (Å²) < 4.78 is 5.04. The van der Waals surface area contributed by atoms with E-state index in [1.54, 1.807) is 7.11 Å². The predicted octanol–water partition coefficient (Wildman–Crippen LogP) is 2.07. The molecule has 0 bridgehead atoms. The number of nitrogens with zero attached hydrogens (tertiary/aromatic N) is 1. The summed E-state index contributed by atoms with van der Waals surface area (Å²) in [4.78, 5) is 4.67. The molecule has 0 aromatic heterocycles. The van der Waals surface area contributed by atoms with Crippen LogP contribution >= 0.6 is 0 Å². The van der Waals surface area contributed by atoms with Gasteiger partial charge in [-0.25, -0.2) is 0 Å². The van der Waals surface area contributed by atoms with E-state index in [1.807, 2.05) is 31.2 Å². The third kappa shape index (κ3) is 2.47. The monoisotopic (exact) mass is 179 g/mol. The van der Waals surface area contributed by atoms with Crippen LogP contribution in [0.15, 0.2) is 29.4 Å². The number of methoxy groups -OCH3 is 1. The van der Waals surface area contributed by atoms with Gasteiger partial charge in [0, 0.05) is 0 Å². The fraction of sp³-hybridized carbons (Fsp3) is 0.300. The molecular weight excluding hydrogens is 166 g/mol. The second-order valence-electron chi connectivity index (χ2n) is 2.59. The van der Waals surface area contributed by atoms with E-state index in [0.717, 1.165) is 17.0 Å². The average molecular weight is 179 g/mol. The predicted molar refractivity (Wildman–Crippen MR) is 52.2 cm³/mol. The molecule has 0 fully saturated rings. The fourth-order valence-corrected chi connectivity index (χ4v) is 1.02. The van der Waals surface area contributed by atoms with Gasteiger partial charge in [-0.2, -0.15) is 0 Å². The van der Waals surface area contributed by atoms with Crippen LogP contribution in [-0.2, 0) is 4.84 Å². The molecule has 1 aromatic rings. The SMILES string of the molecule is CON=C(C)c1ccc(OC)cc1. The van der Waals surface area contributed by atoms with Crippen molar-refractivity contribution in [2.75, 3.05) is 14.2 Å². The first-order valence-corrected chi connectivity index (χ1v) is 4.00. The van der Waals surface area contributed by atoms with E-state index in [9.17, 15) is 0 Å². The van der Waals surface area contributed by atoms with Gasteiger partial charge in [0.05, 0.1) is 12.8 Å². The van der Waals surface area contributed by atoms with Crippen molar-refractivity contribution in [3.8, 4) is 5.75 Å². The van der Waals surface area contributed by atoms with Gasteiger partial charge in [0.25, 0.3) is 0 Å². The van der Waals surface area contributed by atoms with Crippen LogP contribution in [0.3, 0.4) is 0 Å². The smallest absolute Gasteiger partial charge is 0.118 e. The molecule has 3 nitrogen and oxygen atoms in total. The van der Waals surface area contributed by atoms with Crippen molar-refractivity contribution in [2.45, 2.75) is 6.92 Å². The minimum atomic E-state index is 0.842. The quantitative estimate of drug-likeness (QED) is 0.525. The molecule has 0 atom stereocenters. The number of benzene rings is 1. The Hall–Kier alpha value is -1.51. The third-order valence-electron chi connectivity index (χ3n) is 1.74. The summed E-state index contributed by atoms with van der Waals surface area (Å²) in [5.41, 5.74) is 1.88. The molecule has 0 spiro atoms. The van der Waals surface area contributed by atoms with Gasteiger partial charge in [0.2, 0.25) is 0 Å². The summed E-state index contributed by atoms with van der Waals surface area (Å²) >= 11 is 0. The number of ether oxygens (including phenoxy) is 1. The zero-order valence-corrected chi connectivity index (χ0v) is 8.07. The molecule has 0 aliphatic rings. The molecule has 0 aliphatic carbocycles. The normalized spacial score (nSPS) is 11.2. The molecule has 0 saturated carbocycles. The maximum Gasteiger partial charge on any atom is 0.118 e. The second kappa shape index (κ2) is 4.50. The maximum absolute atomic E-state index is 5.04. The zero-order valence-electron chi connectivity index (χ0n) is 8.07. The number of rotatable bonds is 3. The van der Waals surface area contributed by atoms with Gasteiger partial charge < -0.3 is 9.57 Å². The topological polar surface area (TPSA) is 30.8 Å². The van der Waals surface area contributed by atoms with Crippen molar-refractivity contribution in [3.63, 3.8) is 0 Å². The molecule has 3 heteroatoms. The van der Waals surface area contributed by atoms with Crippen molar-refractivity contribution in [1.29, 1.82) is 0 Å². The van der Waals surface area contributed by atoms with Gasteiger partial charge >= 0.3 is 0 Å². The zero-order chi connectivity index (χ0) is 9.68. The lowest BCUT2D eigenvalue weighted by atomic mass is 10.1. The largest absolute Gasteiger partial charge is 0.497 e. The first-order chi connectivity index (χ1) is 6.27. The number of hydrogen-bond donors (Lipinski definition) is 0. The van der Waals surface area contributed by atoms with Crippen molar-refractivity contribution in [3.05, 3.63) is 29.8 Å². The molecule has 70 valence electrons.